The van der Waals surface area contributed by atoms with Gasteiger partial charge in [-0.05, 0) is 38.7 Å². The molecule has 26 heavy (non-hydrogen) atoms. The highest BCUT2D eigenvalue weighted by molar-refractivity contribution is 8.00. The lowest BCUT2D eigenvalue weighted by Crippen LogP contribution is -2.32. The van der Waals surface area contributed by atoms with Gasteiger partial charge in [0.1, 0.15) is 5.35 Å². The van der Waals surface area contributed by atoms with E-state index in [4.69, 9.17) is 10.1 Å². The van der Waals surface area contributed by atoms with Crippen molar-refractivity contribution >= 4 is 23.8 Å². The van der Waals surface area contributed by atoms with Gasteiger partial charge >= 0.3 is 0 Å². The molecule has 1 aromatic heterocycles. The van der Waals surface area contributed by atoms with E-state index >= 15 is 0 Å². The number of aromatic nitrogens is 2. The quantitative estimate of drug-likeness (QED) is 0.709. The van der Waals surface area contributed by atoms with Gasteiger partial charge in [-0.2, -0.15) is 4.99 Å². The zero-order valence-corrected chi connectivity index (χ0v) is 16.2. The zero-order chi connectivity index (χ0) is 18.4. The maximum Gasteiger partial charge on any atom is 0.221 e. The summed E-state index contributed by atoms with van der Waals surface area (Å²) in [4.78, 5) is 13.8. The van der Waals surface area contributed by atoms with Gasteiger partial charge in [0.25, 0.3) is 0 Å². The molecule has 0 bridgehead atoms. The Labute approximate surface area is 158 Å². The number of hydrogen-bond donors (Lipinski definition) is 2. The van der Waals surface area contributed by atoms with Gasteiger partial charge in [0.15, 0.2) is 5.49 Å². The molecule has 0 radical (unpaired) electrons. The van der Waals surface area contributed by atoms with Crippen LogP contribution < -0.4 is 16.2 Å². The lowest BCUT2D eigenvalue weighted by molar-refractivity contribution is 0.291. The third kappa shape index (κ3) is 4.86. The number of allylic oxidation sites excluding steroid dienone is 4. The summed E-state index contributed by atoms with van der Waals surface area (Å²) >= 11 is 1.85. The van der Waals surface area contributed by atoms with Crippen molar-refractivity contribution in [2.24, 2.45) is 15.9 Å². The number of nitrogens with zero attached hydrogens (tertiary/aromatic N) is 4. The maximum absolute atomic E-state index is 9.02. The molecule has 2 atom stereocenters. The highest BCUT2D eigenvalue weighted by Crippen LogP contribution is 2.21. The molecular formula is C19H27N5OS. The Hall–Kier alpha value is -1.86. The third-order valence-electron chi connectivity index (χ3n) is 4.28. The van der Waals surface area contributed by atoms with Gasteiger partial charge in [-0.3, -0.25) is 4.99 Å². The second-order valence-electron chi connectivity index (χ2n) is 6.72. The number of aliphatic hydroxyl groups is 1. The molecule has 140 valence electrons. The van der Waals surface area contributed by atoms with Crippen molar-refractivity contribution < 1.29 is 5.11 Å². The van der Waals surface area contributed by atoms with E-state index in [-0.39, 0.29) is 18.0 Å². The van der Waals surface area contributed by atoms with E-state index in [0.29, 0.717) is 24.8 Å². The standard InChI is InChI=1S/C19H27N5OS/c1-14(2)24-13-21-16-11-17(26-12-15-7-4-3-5-8-15)22-19(23-18(16)24)20-9-6-10-25/h3-5,7,11,13-15,17,25H,6,8-10,12H2,1-2H3,(H,20,22). The Kier molecular flexibility index (Phi) is 6.68. The summed E-state index contributed by atoms with van der Waals surface area (Å²) in [6.07, 6.45) is 14.4. The second kappa shape index (κ2) is 9.19. The fourth-order valence-corrected chi connectivity index (χ4v) is 3.95. The van der Waals surface area contributed by atoms with Gasteiger partial charge in [0.05, 0.1) is 11.7 Å². The number of hydrogen-bond acceptors (Lipinski definition) is 4. The molecule has 3 rings (SSSR count). The topological polar surface area (TPSA) is 74.8 Å². The van der Waals surface area contributed by atoms with Crippen molar-refractivity contribution in [3.8, 4) is 0 Å². The number of guanidine groups is 1. The fourth-order valence-electron chi connectivity index (χ4n) is 2.83. The molecule has 1 aromatic rings. The number of aliphatic hydroxyl groups excluding tert-OH is 1. The van der Waals surface area contributed by atoms with E-state index in [1.165, 1.54) is 0 Å². The van der Waals surface area contributed by atoms with Crippen LogP contribution in [0.15, 0.2) is 40.6 Å². The Morgan fingerprint density at radius 2 is 2.31 bits per heavy atom. The molecule has 6 nitrogen and oxygen atoms in total. The van der Waals surface area contributed by atoms with E-state index in [1.54, 1.807) is 0 Å². The van der Waals surface area contributed by atoms with Crippen molar-refractivity contribution in [3.63, 3.8) is 0 Å². The second-order valence-corrected chi connectivity index (χ2v) is 7.90. The molecule has 0 aromatic carbocycles. The molecule has 2 aliphatic rings. The van der Waals surface area contributed by atoms with E-state index in [2.05, 4.69) is 64.1 Å². The molecule has 0 saturated carbocycles. The van der Waals surface area contributed by atoms with Crippen molar-refractivity contribution in [2.45, 2.75) is 38.1 Å². The lowest BCUT2D eigenvalue weighted by Gasteiger charge is -2.18. The average Bonchev–Trinajstić information content (AvgIpc) is 2.94. The molecule has 0 amide bonds. The van der Waals surface area contributed by atoms with Gasteiger partial charge in [-0.15, -0.1) is 11.8 Å². The van der Waals surface area contributed by atoms with Crippen LogP contribution in [0.25, 0.3) is 6.08 Å². The molecule has 1 aliphatic heterocycles. The number of thioether (sulfide) groups is 1. The number of fused-ring (bicyclic) bond motifs is 1. The summed E-state index contributed by atoms with van der Waals surface area (Å²) in [5.74, 6) is 2.20. The van der Waals surface area contributed by atoms with Crippen molar-refractivity contribution in [2.75, 3.05) is 18.9 Å². The first kappa shape index (κ1) is 18.9. The van der Waals surface area contributed by atoms with Gasteiger partial charge in [0, 0.05) is 24.9 Å². The number of aliphatic imine (C=N–C) groups is 1. The molecule has 2 unspecified atom stereocenters. The fraction of sp³-hybridized carbons (Fsp3) is 0.526. The maximum atomic E-state index is 9.02. The summed E-state index contributed by atoms with van der Waals surface area (Å²) in [5, 5.41) is 13.4. The Morgan fingerprint density at radius 1 is 1.42 bits per heavy atom. The van der Waals surface area contributed by atoms with Crippen molar-refractivity contribution in [3.05, 3.63) is 41.5 Å². The molecule has 0 saturated heterocycles. The summed E-state index contributed by atoms with van der Waals surface area (Å²) in [6.45, 7) is 4.93. The monoisotopic (exact) mass is 373 g/mol. The Morgan fingerprint density at radius 3 is 3.04 bits per heavy atom. The molecule has 7 heteroatoms. The minimum atomic E-state index is 0.0719. The van der Waals surface area contributed by atoms with Gasteiger partial charge in [0.2, 0.25) is 5.96 Å². The molecule has 1 aliphatic carbocycles. The van der Waals surface area contributed by atoms with E-state index in [1.807, 2.05) is 18.1 Å². The van der Waals surface area contributed by atoms with Crippen LogP contribution >= 0.6 is 11.8 Å². The van der Waals surface area contributed by atoms with Crippen LogP contribution in [0.2, 0.25) is 0 Å². The smallest absolute Gasteiger partial charge is 0.221 e. The predicted octanol–water partition coefficient (Wildman–Crippen LogP) is 1.40. The first-order valence-electron chi connectivity index (χ1n) is 9.17. The van der Waals surface area contributed by atoms with E-state index < -0.39 is 0 Å². The minimum Gasteiger partial charge on any atom is -0.396 e. The summed E-state index contributed by atoms with van der Waals surface area (Å²) in [6, 6.07) is 0.283. The molecule has 2 heterocycles. The van der Waals surface area contributed by atoms with Gasteiger partial charge in [-0.1, -0.05) is 24.3 Å². The largest absolute Gasteiger partial charge is 0.396 e. The van der Waals surface area contributed by atoms with Gasteiger partial charge < -0.3 is 15.0 Å². The Bertz CT molecular complexity index is 808. The van der Waals surface area contributed by atoms with Gasteiger partial charge in [-0.25, -0.2) is 4.98 Å². The number of imidazole rings is 1. The predicted molar refractivity (Wildman–Crippen MR) is 108 cm³/mol. The summed E-state index contributed by atoms with van der Waals surface area (Å²) < 4.78 is 2.07. The van der Waals surface area contributed by atoms with Crippen LogP contribution in [0.1, 0.15) is 32.7 Å². The van der Waals surface area contributed by atoms with Crippen LogP contribution in [0, 0.1) is 5.92 Å². The highest BCUT2D eigenvalue weighted by atomic mass is 32.2. The zero-order valence-electron chi connectivity index (χ0n) is 15.4. The van der Waals surface area contributed by atoms with Crippen molar-refractivity contribution in [1.82, 2.24) is 14.9 Å². The minimum absolute atomic E-state index is 0.0719. The third-order valence-corrected chi connectivity index (χ3v) is 5.51. The SMILES string of the molecule is CC(C)n1cnc2c1=NC(=NCCCO)NC(SCC1C=CC=CC1)C=2. The molecule has 2 N–H and O–H groups in total. The normalized spacial score (nSPS) is 23.3. The van der Waals surface area contributed by atoms with Crippen LogP contribution in [0.5, 0.6) is 0 Å². The first-order chi connectivity index (χ1) is 12.7. The molecular weight excluding hydrogens is 346 g/mol. The van der Waals surface area contributed by atoms with E-state index in [9.17, 15) is 0 Å². The first-order valence-corrected chi connectivity index (χ1v) is 10.2. The van der Waals surface area contributed by atoms with Crippen LogP contribution in [0.4, 0.5) is 0 Å². The van der Waals surface area contributed by atoms with Crippen LogP contribution in [-0.4, -0.2) is 44.9 Å². The molecule has 0 fully saturated rings. The van der Waals surface area contributed by atoms with Crippen LogP contribution in [-0.2, 0) is 0 Å². The number of nitrogens with one attached hydrogen (secondary N) is 1. The van der Waals surface area contributed by atoms with Crippen LogP contribution in [0.3, 0.4) is 0 Å². The lowest BCUT2D eigenvalue weighted by atomic mass is 10.0. The number of rotatable bonds is 7. The van der Waals surface area contributed by atoms with E-state index in [0.717, 1.165) is 23.0 Å². The summed E-state index contributed by atoms with van der Waals surface area (Å²) in [7, 11) is 0. The average molecular weight is 374 g/mol. The molecule has 0 spiro atoms. The van der Waals surface area contributed by atoms with Crippen molar-refractivity contribution in [1.29, 1.82) is 0 Å². The Balaban J connectivity index is 1.83. The summed E-state index contributed by atoms with van der Waals surface area (Å²) in [5.41, 5.74) is 0.846. The highest BCUT2D eigenvalue weighted by Gasteiger charge is 2.17.